The molecule has 1 unspecified atom stereocenters. The molecule has 1 saturated heterocycles. The maximum atomic E-state index is 12.7. The van der Waals surface area contributed by atoms with Crippen molar-refractivity contribution in [2.45, 2.75) is 32.6 Å². The highest BCUT2D eigenvalue weighted by molar-refractivity contribution is 6.13. The quantitative estimate of drug-likeness (QED) is 0.868. The number of likely N-dealkylation sites (tertiary alicyclic amines) is 1. The minimum Gasteiger partial charge on any atom is -0.342 e. The smallest absolute Gasteiger partial charge is 0.240 e. The van der Waals surface area contributed by atoms with E-state index in [1.54, 1.807) is 0 Å². The second kappa shape index (κ2) is 5.51. The summed E-state index contributed by atoms with van der Waals surface area (Å²) < 4.78 is 0. The van der Waals surface area contributed by atoms with Crippen LogP contribution in [0.25, 0.3) is 0 Å². The Morgan fingerprint density at radius 2 is 1.95 bits per heavy atom. The first-order valence-electron chi connectivity index (χ1n) is 7.78. The van der Waals surface area contributed by atoms with Crippen molar-refractivity contribution in [1.82, 2.24) is 4.90 Å². The van der Waals surface area contributed by atoms with E-state index in [1.165, 1.54) is 6.42 Å². The number of benzene rings is 1. The molecule has 0 aromatic heterocycles. The first kappa shape index (κ1) is 14.1. The Hall–Kier alpha value is -1.84. The Kier molecular flexibility index (Phi) is 3.70. The summed E-state index contributed by atoms with van der Waals surface area (Å²) >= 11 is 0. The van der Waals surface area contributed by atoms with Crippen LogP contribution in [0.3, 0.4) is 0 Å². The third-order valence-corrected chi connectivity index (χ3v) is 4.57. The van der Waals surface area contributed by atoms with Crippen LogP contribution in [0.2, 0.25) is 0 Å². The van der Waals surface area contributed by atoms with Crippen molar-refractivity contribution in [3.8, 4) is 0 Å². The maximum absolute atomic E-state index is 12.7. The summed E-state index contributed by atoms with van der Waals surface area (Å²) in [6.07, 6.45) is 3.57. The Morgan fingerprint density at radius 3 is 2.57 bits per heavy atom. The molecule has 0 radical (unpaired) electrons. The predicted molar refractivity (Wildman–Crippen MR) is 81.7 cm³/mol. The summed E-state index contributed by atoms with van der Waals surface area (Å²) in [4.78, 5) is 27.1. The van der Waals surface area contributed by atoms with Gasteiger partial charge in [0.15, 0.2) is 0 Å². The molecule has 1 aromatic carbocycles. The van der Waals surface area contributed by atoms with Crippen molar-refractivity contribution >= 4 is 17.5 Å². The zero-order chi connectivity index (χ0) is 14.9. The van der Waals surface area contributed by atoms with Gasteiger partial charge in [-0.15, -0.1) is 0 Å². The van der Waals surface area contributed by atoms with E-state index in [0.717, 1.165) is 25.2 Å². The standard InChI is InChI=1S/C17H22N2O2/c1-13-6-5-11-19(12-13)16(21)17(9-10-17)15(20)18-14-7-3-2-4-8-14/h2-4,7-8,13H,5-6,9-12H2,1H3,(H,18,20). The second-order valence-electron chi connectivity index (χ2n) is 6.40. The maximum Gasteiger partial charge on any atom is 0.240 e. The van der Waals surface area contributed by atoms with Crippen LogP contribution in [-0.4, -0.2) is 29.8 Å². The first-order valence-corrected chi connectivity index (χ1v) is 7.78. The van der Waals surface area contributed by atoms with E-state index in [-0.39, 0.29) is 11.8 Å². The van der Waals surface area contributed by atoms with Crippen molar-refractivity contribution in [3.05, 3.63) is 30.3 Å². The van der Waals surface area contributed by atoms with Crippen molar-refractivity contribution in [1.29, 1.82) is 0 Å². The molecule has 1 saturated carbocycles. The van der Waals surface area contributed by atoms with Gasteiger partial charge < -0.3 is 10.2 Å². The molecular weight excluding hydrogens is 264 g/mol. The van der Waals surface area contributed by atoms with Gasteiger partial charge in [-0.2, -0.15) is 0 Å². The lowest BCUT2D eigenvalue weighted by atomic mass is 9.96. The van der Waals surface area contributed by atoms with Gasteiger partial charge in [-0.05, 0) is 43.7 Å². The van der Waals surface area contributed by atoms with Crippen LogP contribution >= 0.6 is 0 Å². The summed E-state index contributed by atoms with van der Waals surface area (Å²) in [5, 5.41) is 2.89. The summed E-state index contributed by atoms with van der Waals surface area (Å²) in [5.41, 5.74) is -0.0408. The number of anilines is 1. The van der Waals surface area contributed by atoms with Crippen LogP contribution in [0.4, 0.5) is 5.69 Å². The van der Waals surface area contributed by atoms with Gasteiger partial charge in [0.25, 0.3) is 0 Å². The molecule has 1 aliphatic heterocycles. The van der Waals surface area contributed by atoms with Crippen molar-refractivity contribution in [2.75, 3.05) is 18.4 Å². The van der Waals surface area contributed by atoms with Gasteiger partial charge in [-0.25, -0.2) is 0 Å². The lowest BCUT2D eigenvalue weighted by Crippen LogP contribution is -2.46. The molecule has 1 aromatic rings. The van der Waals surface area contributed by atoms with Gasteiger partial charge in [-0.3, -0.25) is 9.59 Å². The van der Waals surface area contributed by atoms with Crippen LogP contribution < -0.4 is 5.32 Å². The fourth-order valence-corrected chi connectivity index (χ4v) is 3.11. The Labute approximate surface area is 125 Å². The largest absolute Gasteiger partial charge is 0.342 e. The summed E-state index contributed by atoms with van der Waals surface area (Å²) in [5.74, 6) is 0.426. The van der Waals surface area contributed by atoms with Crippen LogP contribution in [0.15, 0.2) is 30.3 Å². The Balaban J connectivity index is 1.68. The number of piperidine rings is 1. The lowest BCUT2D eigenvalue weighted by Gasteiger charge is -2.33. The number of carbonyl (C=O) groups is 2. The van der Waals surface area contributed by atoms with Crippen LogP contribution in [0.5, 0.6) is 0 Å². The molecule has 2 amide bonds. The summed E-state index contributed by atoms with van der Waals surface area (Å²) in [7, 11) is 0. The van der Waals surface area contributed by atoms with Crippen LogP contribution in [0.1, 0.15) is 32.6 Å². The average Bonchev–Trinajstić information content (AvgIpc) is 3.29. The molecule has 4 heteroatoms. The van der Waals surface area contributed by atoms with E-state index in [1.807, 2.05) is 35.2 Å². The van der Waals surface area contributed by atoms with Gasteiger partial charge in [0.2, 0.25) is 11.8 Å². The van der Waals surface area contributed by atoms with Crippen LogP contribution in [-0.2, 0) is 9.59 Å². The zero-order valence-corrected chi connectivity index (χ0v) is 12.5. The van der Waals surface area contributed by atoms with Gasteiger partial charge in [0.1, 0.15) is 5.41 Å². The van der Waals surface area contributed by atoms with E-state index >= 15 is 0 Å². The first-order chi connectivity index (χ1) is 10.1. The van der Waals surface area contributed by atoms with E-state index < -0.39 is 5.41 Å². The molecule has 0 bridgehead atoms. The highest BCUT2D eigenvalue weighted by atomic mass is 16.2. The molecular formula is C17H22N2O2. The third-order valence-electron chi connectivity index (χ3n) is 4.57. The predicted octanol–water partition coefficient (Wildman–Crippen LogP) is 2.66. The molecule has 3 rings (SSSR count). The minimum atomic E-state index is -0.799. The lowest BCUT2D eigenvalue weighted by molar-refractivity contribution is -0.143. The van der Waals surface area contributed by atoms with Crippen molar-refractivity contribution in [2.24, 2.45) is 11.3 Å². The van der Waals surface area contributed by atoms with Crippen molar-refractivity contribution in [3.63, 3.8) is 0 Å². The van der Waals surface area contributed by atoms with E-state index in [4.69, 9.17) is 0 Å². The Morgan fingerprint density at radius 1 is 1.24 bits per heavy atom. The summed E-state index contributed by atoms with van der Waals surface area (Å²) in [6.45, 7) is 3.76. The number of rotatable bonds is 3. The molecule has 21 heavy (non-hydrogen) atoms. The molecule has 1 aliphatic carbocycles. The number of hydrogen-bond acceptors (Lipinski definition) is 2. The van der Waals surface area contributed by atoms with E-state index in [0.29, 0.717) is 18.8 Å². The van der Waals surface area contributed by atoms with Crippen LogP contribution in [0, 0.1) is 11.3 Å². The molecule has 1 N–H and O–H groups in total. The number of amides is 2. The highest BCUT2D eigenvalue weighted by Crippen LogP contribution is 2.48. The molecule has 2 aliphatic rings. The van der Waals surface area contributed by atoms with Gasteiger partial charge in [0, 0.05) is 18.8 Å². The molecule has 2 fully saturated rings. The molecule has 1 atom stereocenters. The molecule has 4 nitrogen and oxygen atoms in total. The number of nitrogens with zero attached hydrogens (tertiary/aromatic N) is 1. The second-order valence-corrected chi connectivity index (χ2v) is 6.40. The topological polar surface area (TPSA) is 49.4 Å². The Bertz CT molecular complexity index is 537. The SMILES string of the molecule is CC1CCCN(C(=O)C2(C(=O)Nc3ccccc3)CC2)C1. The molecule has 112 valence electrons. The normalized spacial score (nSPS) is 23.5. The monoisotopic (exact) mass is 286 g/mol. The fraction of sp³-hybridized carbons (Fsp3) is 0.529. The fourth-order valence-electron chi connectivity index (χ4n) is 3.11. The number of hydrogen-bond donors (Lipinski definition) is 1. The number of nitrogens with one attached hydrogen (secondary N) is 1. The number of carbonyl (C=O) groups excluding carboxylic acids is 2. The van der Waals surface area contributed by atoms with Gasteiger partial charge >= 0.3 is 0 Å². The minimum absolute atomic E-state index is 0.0301. The van der Waals surface area contributed by atoms with E-state index in [2.05, 4.69) is 12.2 Å². The van der Waals surface area contributed by atoms with Gasteiger partial charge in [-0.1, -0.05) is 25.1 Å². The van der Waals surface area contributed by atoms with Crippen molar-refractivity contribution < 1.29 is 9.59 Å². The molecule has 1 heterocycles. The van der Waals surface area contributed by atoms with Gasteiger partial charge in [0.05, 0.1) is 0 Å². The highest BCUT2D eigenvalue weighted by Gasteiger charge is 2.58. The molecule has 0 spiro atoms. The third kappa shape index (κ3) is 2.80. The number of para-hydroxylation sites is 1. The van der Waals surface area contributed by atoms with E-state index in [9.17, 15) is 9.59 Å². The summed E-state index contributed by atoms with van der Waals surface area (Å²) in [6, 6.07) is 9.36. The average molecular weight is 286 g/mol. The zero-order valence-electron chi connectivity index (χ0n) is 12.5.